The average molecular weight is 260 g/mol. The van der Waals surface area contributed by atoms with E-state index in [0.717, 1.165) is 31.6 Å². The van der Waals surface area contributed by atoms with E-state index in [1.807, 2.05) is 6.07 Å². The van der Waals surface area contributed by atoms with Crippen LogP contribution in [0.3, 0.4) is 0 Å². The number of rotatable bonds is 2. The van der Waals surface area contributed by atoms with Gasteiger partial charge in [0, 0.05) is 0 Å². The van der Waals surface area contributed by atoms with Crippen LogP contribution in [0.4, 0.5) is 0 Å². The van der Waals surface area contributed by atoms with E-state index in [2.05, 4.69) is 18.2 Å². The Morgan fingerprint density at radius 3 is 2.84 bits per heavy atom. The van der Waals surface area contributed by atoms with Crippen molar-refractivity contribution in [3.8, 4) is 5.75 Å². The highest BCUT2D eigenvalue weighted by Crippen LogP contribution is 2.40. The highest BCUT2D eigenvalue weighted by Gasteiger charge is 2.28. The maximum absolute atomic E-state index is 10.3. The summed E-state index contributed by atoms with van der Waals surface area (Å²) in [6.45, 7) is 0.824. The lowest BCUT2D eigenvalue weighted by molar-refractivity contribution is 0.0878. The van der Waals surface area contributed by atoms with Crippen LogP contribution in [-0.4, -0.2) is 17.8 Å². The van der Waals surface area contributed by atoms with Crippen LogP contribution in [-0.2, 0) is 0 Å². The van der Waals surface area contributed by atoms with Crippen molar-refractivity contribution < 1.29 is 9.84 Å². The zero-order valence-electron chi connectivity index (χ0n) is 11.6. The van der Waals surface area contributed by atoms with Crippen molar-refractivity contribution in [1.82, 2.24) is 0 Å². The third kappa shape index (κ3) is 2.94. The topological polar surface area (TPSA) is 29.5 Å². The molecule has 2 aliphatic rings. The molecule has 1 aliphatic heterocycles. The molecule has 1 aliphatic carbocycles. The first-order valence-electron chi connectivity index (χ1n) is 7.74. The number of aliphatic hydroxyl groups is 1. The molecule has 1 aromatic rings. The summed E-state index contributed by atoms with van der Waals surface area (Å²) < 4.78 is 5.73. The maximum Gasteiger partial charge on any atom is 0.122 e. The molecule has 0 bridgehead atoms. The molecule has 3 rings (SSSR count). The summed E-state index contributed by atoms with van der Waals surface area (Å²) in [6.07, 6.45) is 8.10. The predicted molar refractivity (Wildman–Crippen MR) is 76.5 cm³/mol. The summed E-state index contributed by atoms with van der Waals surface area (Å²) in [5.74, 6) is 2.11. The molecule has 19 heavy (non-hydrogen) atoms. The molecule has 2 nitrogen and oxygen atoms in total. The van der Waals surface area contributed by atoms with E-state index in [9.17, 15) is 5.11 Å². The van der Waals surface area contributed by atoms with Gasteiger partial charge in [0.05, 0.1) is 12.7 Å². The molecule has 0 aromatic heterocycles. The van der Waals surface area contributed by atoms with Crippen molar-refractivity contribution in [1.29, 1.82) is 0 Å². The minimum Gasteiger partial charge on any atom is -0.493 e. The van der Waals surface area contributed by atoms with Crippen LogP contribution in [0.1, 0.15) is 56.4 Å². The molecule has 3 unspecified atom stereocenters. The fourth-order valence-corrected chi connectivity index (χ4v) is 3.67. The molecule has 0 radical (unpaired) electrons. The van der Waals surface area contributed by atoms with E-state index in [4.69, 9.17) is 4.74 Å². The molecular formula is C17H24O2. The normalized spacial score (nSPS) is 31.1. The summed E-state index contributed by atoms with van der Waals surface area (Å²) >= 11 is 0. The molecule has 0 saturated heterocycles. The highest BCUT2D eigenvalue weighted by atomic mass is 16.5. The number of ether oxygens (including phenoxy) is 1. The van der Waals surface area contributed by atoms with Gasteiger partial charge in [-0.15, -0.1) is 0 Å². The number of hydrogen-bond acceptors (Lipinski definition) is 2. The van der Waals surface area contributed by atoms with Crippen molar-refractivity contribution in [2.24, 2.45) is 5.92 Å². The van der Waals surface area contributed by atoms with Crippen LogP contribution in [0.25, 0.3) is 0 Å². The zero-order chi connectivity index (χ0) is 13.1. The van der Waals surface area contributed by atoms with Crippen molar-refractivity contribution in [3.05, 3.63) is 29.8 Å². The fraction of sp³-hybridized carbons (Fsp3) is 0.647. The first kappa shape index (κ1) is 13.0. The molecular weight excluding hydrogens is 236 g/mol. The number of para-hydroxylation sites is 1. The van der Waals surface area contributed by atoms with Gasteiger partial charge in [0.1, 0.15) is 5.75 Å². The molecule has 0 amide bonds. The molecule has 2 heteroatoms. The summed E-state index contributed by atoms with van der Waals surface area (Å²) in [7, 11) is 0. The van der Waals surface area contributed by atoms with E-state index < -0.39 is 0 Å². The van der Waals surface area contributed by atoms with E-state index in [0.29, 0.717) is 11.8 Å². The van der Waals surface area contributed by atoms with Crippen LogP contribution in [0.5, 0.6) is 5.75 Å². The third-order valence-corrected chi connectivity index (χ3v) is 4.79. The Labute approximate surface area is 115 Å². The quantitative estimate of drug-likeness (QED) is 0.818. The van der Waals surface area contributed by atoms with Gasteiger partial charge in [-0.05, 0) is 49.1 Å². The van der Waals surface area contributed by atoms with E-state index in [1.54, 1.807) is 0 Å². The van der Waals surface area contributed by atoms with Gasteiger partial charge >= 0.3 is 0 Å². The largest absolute Gasteiger partial charge is 0.493 e. The van der Waals surface area contributed by atoms with Crippen LogP contribution < -0.4 is 4.74 Å². The van der Waals surface area contributed by atoms with Gasteiger partial charge in [-0.3, -0.25) is 0 Å². The summed E-state index contributed by atoms with van der Waals surface area (Å²) in [6, 6.07) is 8.42. The molecule has 104 valence electrons. The molecule has 1 aromatic carbocycles. The molecule has 1 heterocycles. The zero-order valence-corrected chi connectivity index (χ0v) is 11.6. The number of benzene rings is 1. The number of fused-ring (bicyclic) bond motifs is 1. The van der Waals surface area contributed by atoms with Gasteiger partial charge in [0.2, 0.25) is 0 Å². The lowest BCUT2D eigenvalue weighted by Gasteiger charge is -2.30. The second kappa shape index (κ2) is 5.96. The fourth-order valence-electron chi connectivity index (χ4n) is 3.67. The summed E-state index contributed by atoms with van der Waals surface area (Å²) in [5, 5.41) is 10.3. The maximum atomic E-state index is 10.3. The Bertz CT molecular complexity index is 415. The average Bonchev–Trinajstić information content (AvgIpc) is 2.65. The Morgan fingerprint density at radius 2 is 1.89 bits per heavy atom. The summed E-state index contributed by atoms with van der Waals surface area (Å²) in [5.41, 5.74) is 1.35. The third-order valence-electron chi connectivity index (χ3n) is 4.79. The van der Waals surface area contributed by atoms with Crippen molar-refractivity contribution in [2.75, 3.05) is 6.61 Å². The molecule has 1 fully saturated rings. The summed E-state index contributed by atoms with van der Waals surface area (Å²) in [4.78, 5) is 0. The van der Waals surface area contributed by atoms with E-state index >= 15 is 0 Å². The monoisotopic (exact) mass is 260 g/mol. The van der Waals surface area contributed by atoms with Crippen molar-refractivity contribution >= 4 is 0 Å². The lowest BCUT2D eigenvalue weighted by atomic mass is 9.81. The second-order valence-corrected chi connectivity index (χ2v) is 6.07. The SMILES string of the molecule is OC1CCCCCC1CC1CCOc2ccccc21. The first-order chi connectivity index (χ1) is 9.34. The Morgan fingerprint density at radius 1 is 1.05 bits per heavy atom. The van der Waals surface area contributed by atoms with Gasteiger partial charge in [-0.1, -0.05) is 37.5 Å². The number of aliphatic hydroxyl groups excluding tert-OH is 1. The Hall–Kier alpha value is -1.02. The van der Waals surface area contributed by atoms with Gasteiger partial charge in [0.25, 0.3) is 0 Å². The number of hydrogen-bond donors (Lipinski definition) is 1. The van der Waals surface area contributed by atoms with Crippen LogP contribution in [0, 0.1) is 5.92 Å². The smallest absolute Gasteiger partial charge is 0.122 e. The Kier molecular flexibility index (Phi) is 4.07. The van der Waals surface area contributed by atoms with Crippen LogP contribution in [0.2, 0.25) is 0 Å². The first-order valence-corrected chi connectivity index (χ1v) is 7.74. The lowest BCUT2D eigenvalue weighted by Crippen LogP contribution is -2.24. The molecule has 0 spiro atoms. The van der Waals surface area contributed by atoms with Gasteiger partial charge in [-0.2, -0.15) is 0 Å². The van der Waals surface area contributed by atoms with Crippen LogP contribution >= 0.6 is 0 Å². The van der Waals surface area contributed by atoms with Crippen LogP contribution in [0.15, 0.2) is 24.3 Å². The standard InChI is InChI=1S/C17H24O2/c18-16-8-3-1-2-6-14(16)12-13-10-11-19-17-9-5-4-7-15(13)17/h4-5,7,9,13-14,16,18H,1-3,6,8,10-12H2. The minimum absolute atomic E-state index is 0.0856. The van der Waals surface area contributed by atoms with Gasteiger partial charge < -0.3 is 9.84 Å². The predicted octanol–water partition coefficient (Wildman–Crippen LogP) is 3.88. The van der Waals surface area contributed by atoms with Gasteiger partial charge in [0.15, 0.2) is 0 Å². The second-order valence-electron chi connectivity index (χ2n) is 6.07. The highest BCUT2D eigenvalue weighted by molar-refractivity contribution is 5.37. The Balaban J connectivity index is 1.73. The van der Waals surface area contributed by atoms with Gasteiger partial charge in [-0.25, -0.2) is 0 Å². The molecule has 3 atom stereocenters. The molecule has 1 saturated carbocycles. The van der Waals surface area contributed by atoms with Crippen molar-refractivity contribution in [2.45, 2.75) is 57.0 Å². The van der Waals surface area contributed by atoms with E-state index in [-0.39, 0.29) is 6.10 Å². The van der Waals surface area contributed by atoms with Crippen molar-refractivity contribution in [3.63, 3.8) is 0 Å². The van der Waals surface area contributed by atoms with E-state index in [1.165, 1.54) is 31.2 Å². The minimum atomic E-state index is -0.0856. The molecule has 1 N–H and O–H groups in total.